The molecule has 2 aliphatic rings. The van der Waals surface area contributed by atoms with E-state index in [9.17, 15) is 47.9 Å². The number of rotatable bonds is 21. The van der Waals surface area contributed by atoms with Crippen LogP contribution in [0.15, 0.2) is 0 Å². The summed E-state index contributed by atoms with van der Waals surface area (Å²) in [5, 5.41) is 5.07. The van der Waals surface area contributed by atoms with Crippen LogP contribution in [-0.2, 0) is 100 Å². The number of carbonyl (C=O) groups excluding carboxylic acids is 10. The Hall–Kier alpha value is -4.91. The fourth-order valence-electron chi connectivity index (χ4n) is 6.53. The van der Waals surface area contributed by atoms with E-state index >= 15 is 0 Å². The molecule has 2 amide bonds. The normalized spacial score (nSPS) is 26.5. The number of amides is 2. The Morgan fingerprint density at radius 1 is 0.758 bits per heavy atom. The zero-order chi connectivity index (χ0) is 46.9. The molecule has 2 N–H and O–H groups in total. The third-order valence-electron chi connectivity index (χ3n) is 8.75. The first kappa shape index (κ1) is 53.2. The van der Waals surface area contributed by atoms with Crippen molar-refractivity contribution in [2.24, 2.45) is 0 Å². The molecule has 23 nitrogen and oxygen atoms in total. The maximum atomic E-state index is 14.0. The Balaban J connectivity index is 2.85. The third kappa shape index (κ3) is 16.8. The van der Waals surface area contributed by atoms with Gasteiger partial charge in [-0.05, 0) is 6.42 Å². The topological polar surface area (TPSA) is 296 Å². The molecular formula is C38H56N2O21S. The van der Waals surface area contributed by atoms with Gasteiger partial charge in [-0.25, -0.2) is 4.79 Å². The summed E-state index contributed by atoms with van der Waals surface area (Å²) in [4.78, 5) is 126. The molecule has 11 atom stereocenters. The first-order valence-electron chi connectivity index (χ1n) is 19.4. The van der Waals surface area contributed by atoms with Crippen LogP contribution in [0.25, 0.3) is 0 Å². The lowest BCUT2D eigenvalue weighted by Crippen LogP contribution is -2.70. The number of nitrogens with one attached hydrogen (secondary N) is 2. The summed E-state index contributed by atoms with van der Waals surface area (Å²) in [5.74, 6) is -10.4. The van der Waals surface area contributed by atoms with Gasteiger partial charge in [-0.15, -0.1) is 0 Å². The summed E-state index contributed by atoms with van der Waals surface area (Å²) >= 11 is 1.03. The molecule has 0 radical (unpaired) electrons. The Morgan fingerprint density at radius 2 is 1.37 bits per heavy atom. The second-order valence-electron chi connectivity index (χ2n) is 13.9. The van der Waals surface area contributed by atoms with Crippen LogP contribution < -0.4 is 10.6 Å². The zero-order valence-corrected chi connectivity index (χ0v) is 37.0. The summed E-state index contributed by atoms with van der Waals surface area (Å²) < 4.78 is 62.8. The summed E-state index contributed by atoms with van der Waals surface area (Å²) in [6.45, 7) is 8.55. The standard InChI is InChI=1S/C38H56N2O21S/c1-11-29(49)40-30-26(55-20(4)43)15-38(37(50)51-10,61-35(30)33(58-23(7)46)27(56-21(5)44)16-53-19(3)42)54-17-28-32(57-22(6)45)34(59-24(8)47)31(39-18(2)41)36(60-28)52-13-12-14-62-25(9)48/h26-28,30-36H,11-17H2,1-10H3,(H,39,41)(H,40,49)/t26-,27+,28+,30+,31+,32-,33+,34+,35+,36-,38+/m0/s1. The van der Waals surface area contributed by atoms with Gasteiger partial charge in [0.1, 0.15) is 31.0 Å². The van der Waals surface area contributed by atoms with Gasteiger partial charge >= 0.3 is 41.8 Å². The van der Waals surface area contributed by atoms with E-state index in [1.54, 1.807) is 0 Å². The molecule has 0 aromatic carbocycles. The maximum Gasteiger partial charge on any atom is 0.366 e. The smallest absolute Gasteiger partial charge is 0.366 e. The summed E-state index contributed by atoms with van der Waals surface area (Å²) in [5.41, 5.74) is 0. The molecule has 24 heteroatoms. The van der Waals surface area contributed by atoms with Crippen molar-refractivity contribution < 1.29 is 100 Å². The van der Waals surface area contributed by atoms with Crippen molar-refractivity contribution in [1.29, 1.82) is 0 Å². The minimum Gasteiger partial charge on any atom is -0.465 e. The number of hydrogen-bond acceptors (Lipinski definition) is 22. The predicted octanol–water partition coefficient (Wildman–Crippen LogP) is -0.306. The van der Waals surface area contributed by atoms with Crippen molar-refractivity contribution in [3.63, 3.8) is 0 Å². The minimum absolute atomic E-state index is 0.0557. The molecule has 0 unspecified atom stereocenters. The number of carbonyl (C=O) groups is 10. The lowest BCUT2D eigenvalue weighted by Gasteiger charge is -2.49. The minimum atomic E-state index is -2.72. The van der Waals surface area contributed by atoms with E-state index in [2.05, 4.69) is 10.6 Å². The highest BCUT2D eigenvalue weighted by molar-refractivity contribution is 8.13. The summed E-state index contributed by atoms with van der Waals surface area (Å²) in [7, 11) is 0.950. The van der Waals surface area contributed by atoms with Gasteiger partial charge in [-0.2, -0.15) is 0 Å². The van der Waals surface area contributed by atoms with E-state index < -0.39 is 140 Å². The molecule has 0 spiro atoms. The Kier molecular flexibility index (Phi) is 21.7. The summed E-state index contributed by atoms with van der Waals surface area (Å²) in [6, 6.07) is -2.81. The molecular weight excluding hydrogens is 852 g/mol. The first-order chi connectivity index (χ1) is 29.0. The molecule has 2 aliphatic heterocycles. The SMILES string of the molecule is CCC(=O)N[C@H]1[C@H]([C@H](OC(C)=O)[C@@H](COC(C)=O)OC(C)=O)O[C@@](OC[C@H]2O[C@H](OCCCSC(C)=O)[C@H](NC(C)=O)[C@@H](OC(C)=O)[C@H]2OC(C)=O)(C(=O)OC)C[C@@H]1OC(C)=O. The van der Waals surface area contributed by atoms with Crippen LogP contribution in [0.2, 0.25) is 0 Å². The van der Waals surface area contributed by atoms with Crippen LogP contribution in [0.4, 0.5) is 0 Å². The van der Waals surface area contributed by atoms with E-state index in [1.807, 2.05) is 0 Å². The third-order valence-corrected chi connectivity index (χ3v) is 9.65. The molecule has 0 saturated carbocycles. The fourth-order valence-corrected chi connectivity index (χ4v) is 7.08. The molecule has 2 saturated heterocycles. The highest BCUT2D eigenvalue weighted by Crippen LogP contribution is 2.38. The van der Waals surface area contributed by atoms with Crippen molar-refractivity contribution in [3.05, 3.63) is 0 Å². The number of thioether (sulfide) groups is 1. The molecule has 0 aromatic rings. The molecule has 2 fully saturated rings. The van der Waals surface area contributed by atoms with Crippen molar-refractivity contribution in [2.75, 3.05) is 32.7 Å². The quantitative estimate of drug-likeness (QED) is 0.0848. The van der Waals surface area contributed by atoms with Crippen LogP contribution in [0, 0.1) is 0 Å². The number of ether oxygens (including phenoxy) is 11. The molecule has 62 heavy (non-hydrogen) atoms. The Morgan fingerprint density at radius 3 is 1.89 bits per heavy atom. The van der Waals surface area contributed by atoms with Gasteiger partial charge in [0.05, 0.1) is 32.8 Å². The van der Waals surface area contributed by atoms with Gasteiger partial charge in [0, 0.05) is 67.6 Å². The Bertz CT molecular complexity index is 1640. The van der Waals surface area contributed by atoms with Crippen molar-refractivity contribution in [3.8, 4) is 0 Å². The van der Waals surface area contributed by atoms with Gasteiger partial charge in [-0.3, -0.25) is 43.2 Å². The van der Waals surface area contributed by atoms with Crippen LogP contribution in [-0.4, -0.2) is 158 Å². The molecule has 0 aromatic heterocycles. The van der Waals surface area contributed by atoms with E-state index in [1.165, 1.54) is 13.8 Å². The Labute approximate surface area is 361 Å². The van der Waals surface area contributed by atoms with Crippen molar-refractivity contribution >= 4 is 70.5 Å². The maximum absolute atomic E-state index is 14.0. The van der Waals surface area contributed by atoms with Crippen LogP contribution in [0.1, 0.15) is 81.6 Å². The molecule has 2 rings (SSSR count). The van der Waals surface area contributed by atoms with Gasteiger partial charge in [-0.1, -0.05) is 18.7 Å². The van der Waals surface area contributed by atoms with Crippen molar-refractivity contribution in [1.82, 2.24) is 10.6 Å². The fraction of sp³-hybridized carbons (Fsp3) is 0.737. The first-order valence-corrected chi connectivity index (χ1v) is 20.4. The average molecular weight is 909 g/mol. The van der Waals surface area contributed by atoms with E-state index in [0.29, 0.717) is 12.2 Å². The van der Waals surface area contributed by atoms with E-state index in [-0.39, 0.29) is 18.1 Å². The second kappa shape index (κ2) is 25.3. The summed E-state index contributed by atoms with van der Waals surface area (Å²) in [6.07, 6.45) is -13.7. The van der Waals surface area contributed by atoms with Crippen LogP contribution >= 0.6 is 11.8 Å². The number of esters is 7. The number of hydrogen-bond donors (Lipinski definition) is 2. The van der Waals surface area contributed by atoms with Crippen LogP contribution in [0.5, 0.6) is 0 Å². The van der Waals surface area contributed by atoms with E-state index in [4.69, 9.17) is 52.1 Å². The highest BCUT2D eigenvalue weighted by Gasteiger charge is 2.60. The molecule has 0 bridgehead atoms. The molecule has 2 heterocycles. The second-order valence-corrected chi connectivity index (χ2v) is 15.2. The monoisotopic (exact) mass is 908 g/mol. The number of methoxy groups -OCH3 is 1. The molecule has 350 valence electrons. The van der Waals surface area contributed by atoms with E-state index in [0.717, 1.165) is 67.3 Å². The zero-order valence-electron chi connectivity index (χ0n) is 36.2. The average Bonchev–Trinajstić information content (AvgIpc) is 3.16. The largest absolute Gasteiger partial charge is 0.465 e. The van der Waals surface area contributed by atoms with Gasteiger partial charge in [0.2, 0.25) is 11.8 Å². The molecule has 0 aliphatic carbocycles. The van der Waals surface area contributed by atoms with Gasteiger partial charge in [0.15, 0.2) is 35.8 Å². The predicted molar refractivity (Wildman–Crippen MR) is 207 cm³/mol. The van der Waals surface area contributed by atoms with Crippen molar-refractivity contribution in [2.45, 2.75) is 148 Å². The lowest BCUT2D eigenvalue weighted by atomic mass is 9.87. The van der Waals surface area contributed by atoms with Crippen LogP contribution in [0.3, 0.4) is 0 Å². The van der Waals surface area contributed by atoms with Gasteiger partial charge in [0.25, 0.3) is 5.79 Å². The van der Waals surface area contributed by atoms with Gasteiger partial charge < -0.3 is 62.7 Å². The highest BCUT2D eigenvalue weighted by atomic mass is 32.2. The lowest BCUT2D eigenvalue weighted by molar-refractivity contribution is -0.332.